The third-order valence-electron chi connectivity index (χ3n) is 3.48. The van der Waals surface area contributed by atoms with Gasteiger partial charge in [-0.3, -0.25) is 0 Å². The molecule has 0 spiro atoms. The molecule has 0 atom stereocenters. The van der Waals surface area contributed by atoms with Crippen molar-refractivity contribution in [3.63, 3.8) is 0 Å². The van der Waals surface area contributed by atoms with E-state index >= 15 is 0 Å². The van der Waals surface area contributed by atoms with E-state index in [1.165, 1.54) is 22.8 Å². The third-order valence-corrected chi connectivity index (χ3v) is 3.48. The number of aryl methyl sites for hydroxylation is 3. The molecule has 0 amide bonds. The van der Waals surface area contributed by atoms with Crippen molar-refractivity contribution in [2.75, 3.05) is 7.05 Å². The summed E-state index contributed by atoms with van der Waals surface area (Å²) in [5, 5.41) is 3.17. The van der Waals surface area contributed by atoms with Crippen molar-refractivity contribution < 1.29 is 4.39 Å². The molecule has 0 saturated carbocycles. The summed E-state index contributed by atoms with van der Waals surface area (Å²) in [4.78, 5) is 0. The van der Waals surface area contributed by atoms with Crippen LogP contribution in [-0.2, 0) is 6.54 Å². The van der Waals surface area contributed by atoms with E-state index in [1.807, 2.05) is 20.0 Å². The van der Waals surface area contributed by atoms with Crippen molar-refractivity contribution in [2.45, 2.75) is 27.3 Å². The van der Waals surface area contributed by atoms with Crippen LogP contribution in [0.1, 0.15) is 22.3 Å². The van der Waals surface area contributed by atoms with Gasteiger partial charge in [-0.1, -0.05) is 23.8 Å². The molecule has 0 aromatic heterocycles. The van der Waals surface area contributed by atoms with Gasteiger partial charge in [0.15, 0.2) is 0 Å². The van der Waals surface area contributed by atoms with Crippen LogP contribution >= 0.6 is 12.4 Å². The van der Waals surface area contributed by atoms with Crippen LogP contribution in [0.5, 0.6) is 0 Å². The lowest BCUT2D eigenvalue weighted by atomic mass is 9.94. The van der Waals surface area contributed by atoms with Gasteiger partial charge in [-0.2, -0.15) is 0 Å². The average Bonchev–Trinajstić information content (AvgIpc) is 2.36. The Kier molecular flexibility index (Phi) is 5.73. The maximum atomic E-state index is 14.0. The van der Waals surface area contributed by atoms with Gasteiger partial charge >= 0.3 is 0 Å². The fourth-order valence-electron chi connectivity index (χ4n) is 2.46. The molecular weight excluding hydrogens is 273 g/mol. The van der Waals surface area contributed by atoms with Crippen LogP contribution < -0.4 is 5.32 Å². The van der Waals surface area contributed by atoms with E-state index in [0.29, 0.717) is 5.56 Å². The molecule has 20 heavy (non-hydrogen) atoms. The van der Waals surface area contributed by atoms with Gasteiger partial charge in [-0.15, -0.1) is 12.4 Å². The van der Waals surface area contributed by atoms with Gasteiger partial charge in [-0.05, 0) is 62.2 Å². The predicted octanol–water partition coefficient (Wildman–Crippen LogP) is 4.56. The molecule has 0 aliphatic carbocycles. The third kappa shape index (κ3) is 3.38. The molecule has 0 aliphatic heterocycles. The van der Waals surface area contributed by atoms with Crippen LogP contribution in [0.2, 0.25) is 0 Å². The lowest BCUT2D eigenvalue weighted by molar-refractivity contribution is 0.631. The van der Waals surface area contributed by atoms with Crippen LogP contribution in [-0.4, -0.2) is 7.05 Å². The van der Waals surface area contributed by atoms with Crippen molar-refractivity contribution in [1.82, 2.24) is 5.32 Å². The van der Waals surface area contributed by atoms with Crippen molar-refractivity contribution >= 4 is 12.4 Å². The first kappa shape index (κ1) is 16.7. The summed E-state index contributed by atoms with van der Waals surface area (Å²) in [6.07, 6.45) is 0. The second-order valence-electron chi connectivity index (χ2n) is 5.10. The zero-order valence-corrected chi connectivity index (χ0v) is 13.2. The zero-order valence-electron chi connectivity index (χ0n) is 12.4. The molecule has 2 aromatic carbocycles. The molecule has 0 fully saturated rings. The highest BCUT2D eigenvalue weighted by Crippen LogP contribution is 2.28. The largest absolute Gasteiger partial charge is 0.316 e. The molecule has 0 saturated heterocycles. The Morgan fingerprint density at radius 3 is 2.15 bits per heavy atom. The number of hydrogen-bond acceptors (Lipinski definition) is 1. The van der Waals surface area contributed by atoms with Crippen LogP contribution in [0.15, 0.2) is 30.3 Å². The Hall–Kier alpha value is -1.38. The van der Waals surface area contributed by atoms with Gasteiger partial charge in [0, 0.05) is 12.1 Å². The van der Waals surface area contributed by atoms with Gasteiger partial charge in [0.05, 0.1) is 0 Å². The molecule has 2 rings (SSSR count). The maximum absolute atomic E-state index is 14.0. The molecule has 0 bridgehead atoms. The number of nitrogens with one attached hydrogen (secondary N) is 1. The molecule has 1 N–H and O–H groups in total. The van der Waals surface area contributed by atoms with E-state index in [4.69, 9.17) is 0 Å². The quantitative estimate of drug-likeness (QED) is 0.875. The summed E-state index contributed by atoms with van der Waals surface area (Å²) < 4.78 is 14.0. The second kappa shape index (κ2) is 6.87. The van der Waals surface area contributed by atoms with Crippen molar-refractivity contribution in [1.29, 1.82) is 0 Å². The smallest absolute Gasteiger partial charge is 0.131 e. The Labute approximate surface area is 126 Å². The Morgan fingerprint density at radius 1 is 1.00 bits per heavy atom. The first-order valence-electron chi connectivity index (χ1n) is 6.54. The van der Waals surface area contributed by atoms with E-state index in [2.05, 4.69) is 31.3 Å². The lowest BCUT2D eigenvalue weighted by Gasteiger charge is -2.13. The van der Waals surface area contributed by atoms with Crippen LogP contribution in [0.25, 0.3) is 11.1 Å². The number of rotatable bonds is 3. The highest BCUT2D eigenvalue weighted by Gasteiger charge is 2.09. The molecule has 0 aliphatic rings. The highest BCUT2D eigenvalue weighted by atomic mass is 35.5. The fraction of sp³-hybridized carbons (Fsp3) is 0.294. The number of benzene rings is 2. The fourth-order valence-corrected chi connectivity index (χ4v) is 2.46. The van der Waals surface area contributed by atoms with Gasteiger partial charge < -0.3 is 5.32 Å². The maximum Gasteiger partial charge on any atom is 0.131 e. The molecule has 0 unspecified atom stereocenters. The first-order valence-corrected chi connectivity index (χ1v) is 6.54. The SMILES string of the molecule is CNCc1c(C)cc(-c2cc(C)ccc2F)cc1C.Cl. The summed E-state index contributed by atoms with van der Waals surface area (Å²) in [6.45, 7) is 6.99. The van der Waals surface area contributed by atoms with E-state index in [-0.39, 0.29) is 18.2 Å². The molecule has 0 heterocycles. The molecular formula is C17H21ClFN. The Bertz CT molecular complexity index is 585. The Balaban J connectivity index is 0.00000200. The van der Waals surface area contributed by atoms with Crippen LogP contribution in [0.3, 0.4) is 0 Å². The van der Waals surface area contributed by atoms with Gasteiger partial charge in [0.1, 0.15) is 5.82 Å². The van der Waals surface area contributed by atoms with Crippen molar-refractivity contribution in [3.05, 3.63) is 58.4 Å². The zero-order chi connectivity index (χ0) is 14.0. The first-order chi connectivity index (χ1) is 9.02. The summed E-state index contributed by atoms with van der Waals surface area (Å²) >= 11 is 0. The summed E-state index contributed by atoms with van der Waals surface area (Å²) in [7, 11) is 1.94. The Morgan fingerprint density at radius 2 is 1.60 bits per heavy atom. The van der Waals surface area contributed by atoms with Gasteiger partial charge in [0.2, 0.25) is 0 Å². The van der Waals surface area contributed by atoms with Crippen molar-refractivity contribution in [3.8, 4) is 11.1 Å². The molecule has 3 heteroatoms. The van der Waals surface area contributed by atoms with Crippen LogP contribution in [0.4, 0.5) is 4.39 Å². The summed E-state index contributed by atoms with van der Waals surface area (Å²) in [5.74, 6) is -0.161. The van der Waals surface area contributed by atoms with E-state index < -0.39 is 0 Å². The van der Waals surface area contributed by atoms with Gasteiger partial charge in [-0.25, -0.2) is 4.39 Å². The standard InChI is InChI=1S/C17H20FN.ClH/c1-11-5-6-17(18)15(7-11)14-8-12(2)16(10-19-4)13(3)9-14;/h5-9,19H,10H2,1-4H3;1H. The highest BCUT2D eigenvalue weighted by molar-refractivity contribution is 5.85. The summed E-state index contributed by atoms with van der Waals surface area (Å²) in [5.41, 5.74) is 6.40. The normalized spacial score (nSPS) is 10.2. The lowest BCUT2D eigenvalue weighted by Crippen LogP contribution is -2.08. The van der Waals surface area contributed by atoms with E-state index in [9.17, 15) is 4.39 Å². The van der Waals surface area contributed by atoms with E-state index in [1.54, 1.807) is 6.07 Å². The van der Waals surface area contributed by atoms with Gasteiger partial charge in [0.25, 0.3) is 0 Å². The average molecular weight is 294 g/mol. The van der Waals surface area contributed by atoms with E-state index in [0.717, 1.165) is 17.7 Å². The molecule has 0 radical (unpaired) electrons. The number of hydrogen-bond donors (Lipinski definition) is 1. The van der Waals surface area contributed by atoms with Crippen molar-refractivity contribution in [2.24, 2.45) is 0 Å². The topological polar surface area (TPSA) is 12.0 Å². The minimum absolute atomic E-state index is 0. The second-order valence-corrected chi connectivity index (χ2v) is 5.10. The predicted molar refractivity (Wildman–Crippen MR) is 86.1 cm³/mol. The molecule has 108 valence electrons. The minimum Gasteiger partial charge on any atom is -0.316 e. The molecule has 1 nitrogen and oxygen atoms in total. The monoisotopic (exact) mass is 293 g/mol. The summed E-state index contributed by atoms with van der Waals surface area (Å²) in [6, 6.07) is 9.38. The number of halogens is 2. The van der Waals surface area contributed by atoms with Crippen LogP contribution in [0, 0.1) is 26.6 Å². The minimum atomic E-state index is -0.161. The molecule has 2 aromatic rings.